The van der Waals surface area contributed by atoms with Crippen LogP contribution in [0.25, 0.3) is 11.3 Å². The number of carbonyl (C=O) groups is 1. The van der Waals surface area contributed by atoms with E-state index < -0.39 is 5.82 Å². The number of halogens is 1. The van der Waals surface area contributed by atoms with Crippen molar-refractivity contribution >= 4 is 5.78 Å². The Bertz CT molecular complexity index is 1010. The van der Waals surface area contributed by atoms with E-state index in [0.717, 1.165) is 22.4 Å². The number of nitrogens with zero attached hydrogens (tertiary/aromatic N) is 2. The molecule has 0 bridgehead atoms. The molecule has 4 nitrogen and oxygen atoms in total. The van der Waals surface area contributed by atoms with Gasteiger partial charge in [-0.05, 0) is 17.2 Å². The number of fused-ring (bicyclic) bond motifs is 4. The highest BCUT2D eigenvalue weighted by Crippen LogP contribution is 2.41. The second kappa shape index (κ2) is 5.28. The highest BCUT2D eigenvalue weighted by molar-refractivity contribution is 5.97. The smallest absolute Gasteiger partial charge is 0.168 e. The van der Waals surface area contributed by atoms with Crippen molar-refractivity contribution in [3.8, 4) is 17.0 Å². The summed E-state index contributed by atoms with van der Waals surface area (Å²) in [7, 11) is 0. The van der Waals surface area contributed by atoms with Crippen LogP contribution >= 0.6 is 0 Å². The second-order valence-electron chi connectivity index (χ2n) is 6.45. The van der Waals surface area contributed by atoms with Gasteiger partial charge in [0, 0.05) is 24.5 Å². The normalized spacial score (nSPS) is 16.9. The lowest BCUT2D eigenvalue weighted by atomic mass is 9.95. The zero-order valence-electron chi connectivity index (χ0n) is 13.4. The predicted octanol–water partition coefficient (Wildman–Crippen LogP) is 3.80. The van der Waals surface area contributed by atoms with E-state index in [1.165, 1.54) is 6.07 Å². The molecule has 0 radical (unpaired) electrons. The Morgan fingerprint density at radius 3 is 3.12 bits per heavy atom. The van der Waals surface area contributed by atoms with Gasteiger partial charge in [-0.25, -0.2) is 9.37 Å². The van der Waals surface area contributed by atoms with E-state index in [9.17, 15) is 9.18 Å². The zero-order valence-corrected chi connectivity index (χ0v) is 13.4. The van der Waals surface area contributed by atoms with E-state index in [0.29, 0.717) is 18.8 Å². The second-order valence-corrected chi connectivity index (χ2v) is 6.45. The first-order valence-electron chi connectivity index (χ1n) is 8.32. The SMILES string of the molecule is O=C(CC1c2ccccc2-c2cncn21)c1cc2c(cc1F)OCC2. The Hall–Kier alpha value is -2.95. The molecule has 3 heterocycles. The van der Waals surface area contributed by atoms with Crippen molar-refractivity contribution in [1.82, 2.24) is 9.55 Å². The molecule has 1 unspecified atom stereocenters. The van der Waals surface area contributed by atoms with Gasteiger partial charge in [0.15, 0.2) is 5.78 Å². The van der Waals surface area contributed by atoms with Crippen LogP contribution in [0.1, 0.15) is 33.9 Å². The molecular weight excluding hydrogens is 319 g/mol. The van der Waals surface area contributed by atoms with Gasteiger partial charge in [-0.3, -0.25) is 4.79 Å². The summed E-state index contributed by atoms with van der Waals surface area (Å²) in [4.78, 5) is 17.0. The number of rotatable bonds is 3. The first-order valence-corrected chi connectivity index (χ1v) is 8.32. The average Bonchev–Trinajstić information content (AvgIpc) is 3.31. The molecule has 1 aromatic heterocycles. The molecule has 1 atom stereocenters. The molecule has 0 saturated carbocycles. The lowest BCUT2D eigenvalue weighted by Crippen LogP contribution is -2.13. The zero-order chi connectivity index (χ0) is 17.0. The van der Waals surface area contributed by atoms with E-state index in [1.807, 2.05) is 28.8 Å². The monoisotopic (exact) mass is 334 g/mol. The quantitative estimate of drug-likeness (QED) is 0.684. The van der Waals surface area contributed by atoms with Gasteiger partial charge in [-0.1, -0.05) is 24.3 Å². The van der Waals surface area contributed by atoms with E-state index in [1.54, 1.807) is 18.6 Å². The van der Waals surface area contributed by atoms with Crippen LogP contribution in [0.2, 0.25) is 0 Å². The van der Waals surface area contributed by atoms with E-state index in [-0.39, 0.29) is 23.8 Å². The summed E-state index contributed by atoms with van der Waals surface area (Å²) in [6, 6.07) is 10.8. The number of Topliss-reactive ketones (excluding diaryl/α,β-unsaturated/α-hetero) is 1. The molecule has 3 aromatic rings. The van der Waals surface area contributed by atoms with E-state index in [4.69, 9.17) is 4.74 Å². The molecule has 2 aromatic carbocycles. The van der Waals surface area contributed by atoms with Crippen molar-refractivity contribution in [3.05, 3.63) is 71.4 Å². The van der Waals surface area contributed by atoms with Crippen molar-refractivity contribution in [2.75, 3.05) is 6.61 Å². The molecule has 124 valence electrons. The van der Waals surface area contributed by atoms with Crippen LogP contribution in [0.4, 0.5) is 4.39 Å². The topological polar surface area (TPSA) is 44.1 Å². The van der Waals surface area contributed by atoms with E-state index >= 15 is 0 Å². The number of hydrogen-bond donors (Lipinski definition) is 0. The minimum atomic E-state index is -0.511. The van der Waals surface area contributed by atoms with Crippen LogP contribution in [-0.4, -0.2) is 21.9 Å². The molecular formula is C20H15FN2O2. The van der Waals surface area contributed by atoms with Crippen molar-refractivity contribution in [3.63, 3.8) is 0 Å². The van der Waals surface area contributed by atoms with Crippen molar-refractivity contribution in [2.45, 2.75) is 18.9 Å². The Morgan fingerprint density at radius 2 is 2.20 bits per heavy atom. The standard InChI is InChI=1S/C20H15FN2O2/c21-16-8-20-12(5-6-25-20)7-15(16)19(24)9-17-13-3-1-2-4-14(13)18-10-22-11-23(17)18/h1-4,7-8,10-11,17H,5-6,9H2. The number of benzene rings is 2. The number of ketones is 1. The first-order chi connectivity index (χ1) is 12.2. The molecule has 0 aliphatic carbocycles. The Labute approximate surface area is 143 Å². The summed E-state index contributed by atoms with van der Waals surface area (Å²) in [6.07, 6.45) is 4.46. The molecule has 25 heavy (non-hydrogen) atoms. The Morgan fingerprint density at radius 1 is 1.32 bits per heavy atom. The molecule has 5 rings (SSSR count). The summed E-state index contributed by atoms with van der Waals surface area (Å²) in [5, 5.41) is 0. The van der Waals surface area contributed by atoms with Gasteiger partial charge in [0.1, 0.15) is 11.6 Å². The molecule has 0 N–H and O–H groups in total. The summed E-state index contributed by atoms with van der Waals surface area (Å²) in [5.41, 5.74) is 4.21. The largest absolute Gasteiger partial charge is 0.493 e. The molecule has 2 aliphatic rings. The molecule has 0 fully saturated rings. The molecule has 5 heteroatoms. The van der Waals surface area contributed by atoms with Crippen molar-refractivity contribution in [2.24, 2.45) is 0 Å². The molecule has 0 saturated heterocycles. The fourth-order valence-corrected chi connectivity index (χ4v) is 3.84. The van der Waals surface area contributed by atoms with Crippen LogP contribution in [0.5, 0.6) is 5.75 Å². The Kier molecular flexibility index (Phi) is 3.04. The van der Waals surface area contributed by atoms with Gasteiger partial charge in [0.05, 0.1) is 36.4 Å². The van der Waals surface area contributed by atoms with Crippen LogP contribution in [0, 0.1) is 5.82 Å². The summed E-state index contributed by atoms with van der Waals surface area (Å²) in [6.45, 7) is 0.542. The summed E-state index contributed by atoms with van der Waals surface area (Å²) >= 11 is 0. The highest BCUT2D eigenvalue weighted by Gasteiger charge is 2.31. The third-order valence-electron chi connectivity index (χ3n) is 5.06. The van der Waals surface area contributed by atoms with Gasteiger partial charge in [0.25, 0.3) is 0 Å². The fourth-order valence-electron chi connectivity index (χ4n) is 3.84. The number of imidazole rings is 1. The Balaban J connectivity index is 1.52. The lowest BCUT2D eigenvalue weighted by molar-refractivity contribution is 0.0966. The van der Waals surface area contributed by atoms with Crippen LogP contribution < -0.4 is 4.74 Å². The maximum Gasteiger partial charge on any atom is 0.168 e. The maximum absolute atomic E-state index is 14.4. The molecule has 0 spiro atoms. The third-order valence-corrected chi connectivity index (χ3v) is 5.06. The maximum atomic E-state index is 14.4. The van der Waals surface area contributed by atoms with Crippen LogP contribution in [-0.2, 0) is 6.42 Å². The van der Waals surface area contributed by atoms with Crippen LogP contribution in [0.15, 0.2) is 48.9 Å². The summed E-state index contributed by atoms with van der Waals surface area (Å²) in [5.74, 6) is -0.159. The highest BCUT2D eigenvalue weighted by atomic mass is 19.1. The number of carbonyl (C=O) groups excluding carboxylic acids is 1. The predicted molar refractivity (Wildman–Crippen MR) is 90.3 cm³/mol. The number of hydrogen-bond acceptors (Lipinski definition) is 3. The molecule has 2 aliphatic heterocycles. The van der Waals surface area contributed by atoms with Crippen LogP contribution in [0.3, 0.4) is 0 Å². The first kappa shape index (κ1) is 14.4. The van der Waals surface area contributed by atoms with E-state index in [2.05, 4.69) is 4.98 Å². The minimum Gasteiger partial charge on any atom is -0.493 e. The van der Waals surface area contributed by atoms with Gasteiger partial charge in [0.2, 0.25) is 0 Å². The molecule has 0 amide bonds. The van der Waals surface area contributed by atoms with Gasteiger partial charge in [-0.2, -0.15) is 0 Å². The minimum absolute atomic E-state index is 0.148. The number of aromatic nitrogens is 2. The summed E-state index contributed by atoms with van der Waals surface area (Å²) < 4.78 is 21.7. The van der Waals surface area contributed by atoms with Gasteiger partial charge < -0.3 is 9.30 Å². The third kappa shape index (κ3) is 2.12. The van der Waals surface area contributed by atoms with Gasteiger partial charge >= 0.3 is 0 Å². The fraction of sp³-hybridized carbons (Fsp3) is 0.200. The van der Waals surface area contributed by atoms with Crippen molar-refractivity contribution < 1.29 is 13.9 Å². The van der Waals surface area contributed by atoms with Crippen molar-refractivity contribution in [1.29, 1.82) is 0 Å². The number of ether oxygens (including phenoxy) is 1. The van der Waals surface area contributed by atoms with Gasteiger partial charge in [-0.15, -0.1) is 0 Å². The average molecular weight is 334 g/mol. The lowest BCUT2D eigenvalue weighted by Gasteiger charge is -2.14.